The van der Waals surface area contributed by atoms with Crippen LogP contribution in [-0.4, -0.2) is 36.8 Å². The number of aromatic nitrogens is 1. The van der Waals surface area contributed by atoms with E-state index < -0.39 is 5.54 Å². The first-order chi connectivity index (χ1) is 10.1. The maximum absolute atomic E-state index is 12.0. The zero-order valence-corrected chi connectivity index (χ0v) is 12.6. The number of nitrogens with one attached hydrogen (secondary N) is 1. The lowest BCUT2D eigenvalue weighted by Gasteiger charge is -2.26. The number of rotatable bonds is 6. The Kier molecular flexibility index (Phi) is 4.75. The first-order valence-corrected chi connectivity index (χ1v) is 6.93. The normalized spacial score (nSPS) is 13.7. The Morgan fingerprint density at radius 2 is 2.10 bits per heavy atom. The van der Waals surface area contributed by atoms with Gasteiger partial charge in [-0.05, 0) is 33.0 Å². The highest BCUT2D eigenvalue weighted by Crippen LogP contribution is 2.24. The summed E-state index contributed by atoms with van der Waals surface area (Å²) in [5, 5.41) is 3.96. The second-order valence-electron chi connectivity index (χ2n) is 4.92. The molecular formula is C16H20N2O3. The average Bonchev–Trinajstić information content (AvgIpc) is 2.52. The number of ether oxygens (including phenoxy) is 2. The highest BCUT2D eigenvalue weighted by atomic mass is 16.5. The van der Waals surface area contributed by atoms with Gasteiger partial charge >= 0.3 is 5.97 Å². The number of nitrogens with zero attached hydrogens (tertiary/aromatic N) is 1. The van der Waals surface area contributed by atoms with Crippen molar-refractivity contribution in [1.82, 2.24) is 10.3 Å². The molecule has 21 heavy (non-hydrogen) atoms. The van der Waals surface area contributed by atoms with E-state index >= 15 is 0 Å². The predicted molar refractivity (Wildman–Crippen MR) is 81.3 cm³/mol. The molecule has 1 unspecified atom stereocenters. The fourth-order valence-electron chi connectivity index (χ4n) is 1.94. The first-order valence-electron chi connectivity index (χ1n) is 6.93. The van der Waals surface area contributed by atoms with Crippen LogP contribution in [0.25, 0.3) is 10.9 Å². The van der Waals surface area contributed by atoms with Crippen molar-refractivity contribution in [3.63, 3.8) is 0 Å². The van der Waals surface area contributed by atoms with E-state index in [9.17, 15) is 4.79 Å². The first kappa shape index (κ1) is 15.3. The maximum atomic E-state index is 12.0. The van der Waals surface area contributed by atoms with E-state index in [-0.39, 0.29) is 12.6 Å². The van der Waals surface area contributed by atoms with Crippen LogP contribution in [-0.2, 0) is 9.53 Å². The number of para-hydroxylation sites is 1. The SMILES string of the molecule is CCOC(=O)C(C)(COc1cccc2cccnc12)NC. The van der Waals surface area contributed by atoms with Crippen LogP contribution >= 0.6 is 0 Å². The summed E-state index contributed by atoms with van der Waals surface area (Å²) in [5.41, 5.74) is -0.116. The second kappa shape index (κ2) is 6.54. The fourth-order valence-corrected chi connectivity index (χ4v) is 1.94. The number of fused-ring (bicyclic) bond motifs is 1. The van der Waals surface area contributed by atoms with Gasteiger partial charge in [-0.25, -0.2) is 4.79 Å². The number of pyridine rings is 1. The van der Waals surface area contributed by atoms with Crippen molar-refractivity contribution in [3.8, 4) is 5.75 Å². The maximum Gasteiger partial charge on any atom is 0.329 e. The van der Waals surface area contributed by atoms with E-state index in [2.05, 4.69) is 10.3 Å². The smallest absolute Gasteiger partial charge is 0.329 e. The van der Waals surface area contributed by atoms with Gasteiger partial charge in [-0.15, -0.1) is 0 Å². The van der Waals surface area contributed by atoms with E-state index in [1.807, 2.05) is 30.3 Å². The summed E-state index contributed by atoms with van der Waals surface area (Å²) < 4.78 is 10.9. The summed E-state index contributed by atoms with van der Waals surface area (Å²) in [5.74, 6) is 0.319. The lowest BCUT2D eigenvalue weighted by molar-refractivity contribution is -0.151. The third kappa shape index (κ3) is 3.31. The number of benzene rings is 1. The number of hydrogen-bond donors (Lipinski definition) is 1. The van der Waals surface area contributed by atoms with Gasteiger partial charge in [0.1, 0.15) is 23.4 Å². The predicted octanol–water partition coefficient (Wildman–Crippen LogP) is 2.15. The minimum Gasteiger partial charge on any atom is -0.489 e. The van der Waals surface area contributed by atoms with E-state index in [4.69, 9.17) is 9.47 Å². The van der Waals surface area contributed by atoms with Gasteiger partial charge in [0, 0.05) is 11.6 Å². The molecule has 0 saturated carbocycles. The van der Waals surface area contributed by atoms with Gasteiger partial charge in [-0.3, -0.25) is 4.98 Å². The standard InChI is InChI=1S/C16H20N2O3/c1-4-20-15(19)16(2,17-3)11-21-13-9-5-7-12-8-6-10-18-14(12)13/h5-10,17H,4,11H2,1-3H3. The van der Waals surface area contributed by atoms with E-state index in [1.165, 1.54) is 0 Å². The molecule has 0 fully saturated rings. The van der Waals surface area contributed by atoms with Crippen LogP contribution in [0.5, 0.6) is 5.75 Å². The molecule has 5 heteroatoms. The Balaban J connectivity index is 2.19. The van der Waals surface area contributed by atoms with E-state index in [0.717, 1.165) is 10.9 Å². The van der Waals surface area contributed by atoms with Gasteiger partial charge in [-0.1, -0.05) is 18.2 Å². The van der Waals surface area contributed by atoms with Crippen LogP contribution in [0.4, 0.5) is 0 Å². The molecule has 0 aliphatic rings. The van der Waals surface area contributed by atoms with Crippen molar-refractivity contribution in [3.05, 3.63) is 36.5 Å². The summed E-state index contributed by atoms with van der Waals surface area (Å²) in [6, 6.07) is 9.56. The van der Waals surface area contributed by atoms with E-state index in [1.54, 1.807) is 27.1 Å². The number of carbonyl (C=O) groups is 1. The van der Waals surface area contributed by atoms with Gasteiger partial charge in [0.15, 0.2) is 0 Å². The van der Waals surface area contributed by atoms with Gasteiger partial charge < -0.3 is 14.8 Å². The summed E-state index contributed by atoms with van der Waals surface area (Å²) in [6.45, 7) is 4.04. The topological polar surface area (TPSA) is 60.5 Å². The largest absolute Gasteiger partial charge is 0.489 e. The summed E-state index contributed by atoms with van der Waals surface area (Å²) in [7, 11) is 1.71. The van der Waals surface area contributed by atoms with Crippen LogP contribution < -0.4 is 10.1 Å². The molecule has 1 N–H and O–H groups in total. The molecule has 2 aromatic rings. The fraction of sp³-hybridized carbons (Fsp3) is 0.375. The highest BCUT2D eigenvalue weighted by Gasteiger charge is 2.34. The number of esters is 1. The number of hydrogen-bond acceptors (Lipinski definition) is 5. The van der Waals surface area contributed by atoms with Crippen molar-refractivity contribution in [1.29, 1.82) is 0 Å². The van der Waals surface area contributed by atoms with Crippen LogP contribution in [0.2, 0.25) is 0 Å². The van der Waals surface area contributed by atoms with Gasteiger partial charge in [0.2, 0.25) is 0 Å². The van der Waals surface area contributed by atoms with Gasteiger partial charge in [0.25, 0.3) is 0 Å². The molecule has 1 heterocycles. The Morgan fingerprint density at radius 3 is 2.81 bits per heavy atom. The molecule has 0 spiro atoms. The third-order valence-electron chi connectivity index (χ3n) is 3.39. The van der Waals surface area contributed by atoms with Gasteiger partial charge in [-0.2, -0.15) is 0 Å². The number of likely N-dealkylation sites (N-methyl/N-ethyl adjacent to an activating group) is 1. The molecule has 5 nitrogen and oxygen atoms in total. The average molecular weight is 288 g/mol. The number of carbonyl (C=O) groups excluding carboxylic acids is 1. The summed E-state index contributed by atoms with van der Waals surface area (Å²) >= 11 is 0. The van der Waals surface area contributed by atoms with Crippen LogP contribution in [0, 0.1) is 0 Å². The van der Waals surface area contributed by atoms with Crippen LogP contribution in [0.3, 0.4) is 0 Å². The minimum atomic E-state index is -0.896. The molecule has 112 valence electrons. The van der Waals surface area contributed by atoms with Crippen molar-refractivity contribution in [2.45, 2.75) is 19.4 Å². The zero-order chi connectivity index (χ0) is 15.3. The molecule has 0 saturated heterocycles. The van der Waals surface area contributed by atoms with Crippen molar-refractivity contribution < 1.29 is 14.3 Å². The van der Waals surface area contributed by atoms with Crippen molar-refractivity contribution in [2.24, 2.45) is 0 Å². The monoisotopic (exact) mass is 288 g/mol. The Labute approximate surface area is 124 Å². The molecule has 1 aromatic carbocycles. The minimum absolute atomic E-state index is 0.165. The molecular weight excluding hydrogens is 268 g/mol. The quantitative estimate of drug-likeness (QED) is 0.825. The molecule has 0 aliphatic carbocycles. The Morgan fingerprint density at radius 1 is 1.33 bits per heavy atom. The summed E-state index contributed by atoms with van der Waals surface area (Å²) in [6.07, 6.45) is 1.72. The lowest BCUT2D eigenvalue weighted by atomic mass is 10.0. The van der Waals surface area contributed by atoms with Crippen molar-refractivity contribution >= 4 is 16.9 Å². The van der Waals surface area contributed by atoms with E-state index in [0.29, 0.717) is 12.4 Å². The van der Waals surface area contributed by atoms with Crippen LogP contribution in [0.1, 0.15) is 13.8 Å². The molecule has 0 bridgehead atoms. The van der Waals surface area contributed by atoms with Crippen LogP contribution in [0.15, 0.2) is 36.5 Å². The zero-order valence-electron chi connectivity index (χ0n) is 12.6. The Hall–Kier alpha value is -2.14. The molecule has 0 radical (unpaired) electrons. The third-order valence-corrected chi connectivity index (χ3v) is 3.39. The van der Waals surface area contributed by atoms with Crippen molar-refractivity contribution in [2.75, 3.05) is 20.3 Å². The molecule has 2 rings (SSSR count). The molecule has 1 aromatic heterocycles. The highest BCUT2D eigenvalue weighted by molar-refractivity contribution is 5.84. The lowest BCUT2D eigenvalue weighted by Crippen LogP contribution is -2.53. The molecule has 0 amide bonds. The van der Waals surface area contributed by atoms with Gasteiger partial charge in [0.05, 0.1) is 6.61 Å². The second-order valence-corrected chi connectivity index (χ2v) is 4.92. The summed E-state index contributed by atoms with van der Waals surface area (Å²) in [4.78, 5) is 16.3. The molecule has 0 aliphatic heterocycles. The Bertz CT molecular complexity index is 624. The molecule has 1 atom stereocenters.